The van der Waals surface area contributed by atoms with E-state index in [1.807, 2.05) is 0 Å². The van der Waals surface area contributed by atoms with E-state index in [9.17, 15) is 0 Å². The summed E-state index contributed by atoms with van der Waals surface area (Å²) in [5.41, 5.74) is 5.04. The van der Waals surface area contributed by atoms with Crippen LogP contribution in [0, 0.1) is 0 Å². The van der Waals surface area contributed by atoms with Gasteiger partial charge in [-0.3, -0.25) is 0 Å². The molecule has 0 aromatic heterocycles. The van der Waals surface area contributed by atoms with E-state index in [0.717, 1.165) is 5.75 Å². The molecule has 2 heterocycles. The van der Waals surface area contributed by atoms with Crippen molar-refractivity contribution in [3.05, 3.63) is 114 Å². The molecular formula is C34H36NOP+2. The van der Waals surface area contributed by atoms with E-state index >= 15 is 0 Å². The van der Waals surface area contributed by atoms with Gasteiger partial charge in [-0.1, -0.05) is 96.1 Å². The Morgan fingerprint density at radius 3 is 1.81 bits per heavy atom. The van der Waals surface area contributed by atoms with Crippen molar-refractivity contribution >= 4 is 35.1 Å². The van der Waals surface area contributed by atoms with Crippen molar-refractivity contribution in [1.82, 2.24) is 0 Å². The predicted octanol–water partition coefficient (Wildman–Crippen LogP) is 7.03. The Bertz CT molecular complexity index is 1470. The molecule has 3 heteroatoms. The number of fused-ring (bicyclic) bond motifs is 4. The van der Waals surface area contributed by atoms with Gasteiger partial charge in [-0.2, -0.15) is 0 Å². The van der Waals surface area contributed by atoms with E-state index in [4.69, 9.17) is 4.74 Å². The maximum absolute atomic E-state index is 7.33. The van der Waals surface area contributed by atoms with E-state index in [1.54, 1.807) is 0 Å². The molecule has 1 unspecified atom stereocenters. The Hall–Kier alpha value is -3.22. The number of hydrogen-bond acceptors (Lipinski definition) is 1. The van der Waals surface area contributed by atoms with Gasteiger partial charge in [-0.15, -0.1) is 4.58 Å². The van der Waals surface area contributed by atoms with E-state index in [-0.39, 0.29) is 16.8 Å². The zero-order valence-electron chi connectivity index (χ0n) is 22.7. The van der Waals surface area contributed by atoms with Crippen molar-refractivity contribution in [1.29, 1.82) is 0 Å². The molecule has 0 spiro atoms. The predicted molar refractivity (Wildman–Crippen MR) is 158 cm³/mol. The number of rotatable bonds is 2. The number of nitrogens with zero attached hydrogens (tertiary/aromatic N) is 1. The van der Waals surface area contributed by atoms with Gasteiger partial charge < -0.3 is 4.74 Å². The zero-order valence-corrected chi connectivity index (χ0v) is 23.6. The molecule has 0 radical (unpaired) electrons. The monoisotopic (exact) mass is 505 g/mol. The van der Waals surface area contributed by atoms with Crippen LogP contribution in [0.2, 0.25) is 0 Å². The number of ether oxygens (including phenoxy) is 1. The average Bonchev–Trinajstić information content (AvgIpc) is 3.17. The minimum atomic E-state index is -2.17. The van der Waals surface area contributed by atoms with Gasteiger partial charge in [0, 0.05) is 11.6 Å². The van der Waals surface area contributed by atoms with Crippen molar-refractivity contribution in [3.8, 4) is 5.75 Å². The summed E-state index contributed by atoms with van der Waals surface area (Å²) >= 11 is 0. The first-order valence-electron chi connectivity index (χ1n) is 13.2. The summed E-state index contributed by atoms with van der Waals surface area (Å²) in [5.74, 6) is 0.898. The molecule has 0 N–H and O–H groups in total. The van der Waals surface area contributed by atoms with Crippen LogP contribution in [-0.4, -0.2) is 16.8 Å². The Labute approximate surface area is 222 Å². The molecule has 0 saturated carbocycles. The van der Waals surface area contributed by atoms with Crippen LogP contribution in [0.5, 0.6) is 5.75 Å². The molecule has 4 aromatic rings. The van der Waals surface area contributed by atoms with Gasteiger partial charge in [0.15, 0.2) is 11.5 Å². The van der Waals surface area contributed by atoms with Crippen LogP contribution in [0.15, 0.2) is 97.1 Å². The smallest absolute Gasteiger partial charge is 0.403 e. The fraction of sp³-hybridized carbons (Fsp3) is 0.265. The van der Waals surface area contributed by atoms with E-state index in [1.165, 1.54) is 38.3 Å². The molecule has 0 aliphatic carbocycles. The maximum Gasteiger partial charge on any atom is 0.419 e. The van der Waals surface area contributed by atoms with Crippen molar-refractivity contribution in [2.24, 2.45) is 0 Å². The van der Waals surface area contributed by atoms with E-state index in [2.05, 4.69) is 149 Å². The first-order valence-corrected chi connectivity index (χ1v) is 15.1. The topological polar surface area (TPSA) is 12.2 Å². The molecule has 186 valence electrons. The normalized spacial score (nSPS) is 17.8. The van der Waals surface area contributed by atoms with E-state index < -0.39 is 7.26 Å². The van der Waals surface area contributed by atoms with Crippen LogP contribution in [0.25, 0.3) is 0 Å². The lowest BCUT2D eigenvalue weighted by Crippen LogP contribution is -2.42. The fourth-order valence-corrected chi connectivity index (χ4v) is 10.4. The van der Waals surface area contributed by atoms with Crippen molar-refractivity contribution in [2.75, 3.05) is 0 Å². The van der Waals surface area contributed by atoms with Gasteiger partial charge in [-0.25, -0.2) is 0 Å². The molecule has 4 aromatic carbocycles. The largest absolute Gasteiger partial charge is 0.419 e. The molecule has 6 rings (SSSR count). The third-order valence-electron chi connectivity index (χ3n) is 7.73. The Morgan fingerprint density at radius 2 is 1.24 bits per heavy atom. The summed E-state index contributed by atoms with van der Waals surface area (Å²) in [6.07, 6.45) is 2.36. The van der Waals surface area contributed by atoms with Gasteiger partial charge in [0.05, 0.1) is 5.56 Å². The molecule has 2 aliphatic rings. The molecular weight excluding hydrogens is 469 g/mol. The number of benzene rings is 4. The summed E-state index contributed by atoms with van der Waals surface area (Å²) in [6.45, 7) is 13.8. The van der Waals surface area contributed by atoms with Crippen molar-refractivity contribution in [2.45, 2.75) is 58.3 Å². The minimum Gasteiger partial charge on any atom is -0.403 e. The highest BCUT2D eigenvalue weighted by atomic mass is 31.2. The van der Waals surface area contributed by atoms with Crippen LogP contribution < -0.4 is 20.7 Å². The van der Waals surface area contributed by atoms with E-state index in [0.29, 0.717) is 0 Å². The van der Waals surface area contributed by atoms with Crippen LogP contribution in [0.1, 0.15) is 58.2 Å². The quantitative estimate of drug-likeness (QED) is 0.210. The van der Waals surface area contributed by atoms with Crippen LogP contribution in [0.4, 0.5) is 5.69 Å². The summed E-state index contributed by atoms with van der Waals surface area (Å²) in [5, 5.41) is 4.08. The standard InChI is InChI=1S/C34H36NOP/c1-33(2,3)25-21-24-23-35-29-19-13-14-20-30(29)37(26-15-9-7-10-16-26,27-17-11-8-12-18-27)32(35)36-31(24)28(22-25)34(4,5)6/h7-23,32H,1-6H3/q+2. The SMILES string of the molecule is CC(C)(C)c1cc2c(c(C(C)(C)C)c1)OC1[N+](=C2)c2ccccc2[P+]1(c1ccccc1)c1ccccc1. The van der Waals surface area contributed by atoms with Crippen LogP contribution in [-0.2, 0) is 10.8 Å². The highest BCUT2D eigenvalue weighted by molar-refractivity contribution is 7.96. The highest BCUT2D eigenvalue weighted by Crippen LogP contribution is 2.67. The molecule has 0 fully saturated rings. The van der Waals surface area contributed by atoms with Crippen molar-refractivity contribution in [3.63, 3.8) is 0 Å². The second-order valence-corrected chi connectivity index (χ2v) is 15.7. The second-order valence-electron chi connectivity index (χ2n) is 12.3. The molecule has 1 atom stereocenters. The third-order valence-corrected chi connectivity index (χ3v) is 12.1. The van der Waals surface area contributed by atoms with Gasteiger partial charge in [-0.05, 0) is 52.8 Å². The first kappa shape index (κ1) is 24.1. The lowest BCUT2D eigenvalue weighted by atomic mass is 9.79. The zero-order chi connectivity index (χ0) is 26.0. The molecule has 0 saturated heterocycles. The van der Waals surface area contributed by atoms with Gasteiger partial charge in [0.25, 0.3) is 5.69 Å². The Kier molecular flexibility index (Phi) is 5.48. The summed E-state index contributed by atoms with van der Waals surface area (Å²) in [7, 11) is -2.17. The molecule has 0 amide bonds. The second kappa shape index (κ2) is 8.40. The highest BCUT2D eigenvalue weighted by Gasteiger charge is 2.69. The minimum absolute atomic E-state index is 0.0482. The van der Waals surface area contributed by atoms with Gasteiger partial charge >= 0.3 is 5.97 Å². The third kappa shape index (κ3) is 3.69. The lowest BCUT2D eigenvalue weighted by molar-refractivity contribution is -0.492. The lowest BCUT2D eigenvalue weighted by Gasteiger charge is -2.32. The molecule has 0 bridgehead atoms. The average molecular weight is 506 g/mol. The number of para-hydroxylation sites is 1. The maximum atomic E-state index is 7.33. The summed E-state index contributed by atoms with van der Waals surface area (Å²) < 4.78 is 9.75. The fourth-order valence-electron chi connectivity index (χ4n) is 5.81. The molecule has 2 aliphatic heterocycles. The Morgan fingerprint density at radius 1 is 0.676 bits per heavy atom. The van der Waals surface area contributed by atoms with Crippen LogP contribution in [0.3, 0.4) is 0 Å². The van der Waals surface area contributed by atoms with Crippen molar-refractivity contribution < 1.29 is 9.31 Å². The molecule has 2 nitrogen and oxygen atoms in total. The van der Waals surface area contributed by atoms with Gasteiger partial charge in [0.2, 0.25) is 7.26 Å². The summed E-state index contributed by atoms with van der Waals surface area (Å²) in [6, 6.07) is 35.7. The summed E-state index contributed by atoms with van der Waals surface area (Å²) in [4.78, 5) is 0. The Balaban J connectivity index is 1.70. The first-order chi connectivity index (χ1) is 17.6. The number of hydrogen-bond donors (Lipinski definition) is 0. The molecule has 37 heavy (non-hydrogen) atoms. The van der Waals surface area contributed by atoms with Gasteiger partial charge in [0.1, 0.15) is 16.4 Å². The van der Waals surface area contributed by atoms with Crippen LogP contribution >= 0.6 is 7.26 Å².